The van der Waals surface area contributed by atoms with Crippen molar-refractivity contribution in [3.63, 3.8) is 0 Å². The molecule has 23 heavy (non-hydrogen) atoms. The van der Waals surface area contributed by atoms with Crippen molar-refractivity contribution in [3.8, 4) is 0 Å². The Hall–Kier alpha value is -1.10. The molecule has 1 spiro atoms. The number of nitrogens with one attached hydrogen (secondary N) is 1. The van der Waals surface area contributed by atoms with Gasteiger partial charge in [0.25, 0.3) is 5.91 Å². The molecule has 2 aliphatic carbocycles. The molecule has 5 nitrogen and oxygen atoms in total. The molecule has 0 aromatic heterocycles. The minimum absolute atomic E-state index is 0.00743. The first-order valence-corrected chi connectivity index (χ1v) is 9.07. The summed E-state index contributed by atoms with van der Waals surface area (Å²) in [7, 11) is 2.04. The van der Waals surface area contributed by atoms with Crippen LogP contribution in [0.2, 0.25) is 0 Å². The third kappa shape index (κ3) is 3.12. The lowest BCUT2D eigenvalue weighted by Gasteiger charge is -2.44. The van der Waals surface area contributed by atoms with Gasteiger partial charge in [-0.25, -0.2) is 9.69 Å². The molecule has 2 saturated carbocycles. The summed E-state index contributed by atoms with van der Waals surface area (Å²) in [4.78, 5) is 29.2. The number of imide groups is 1. The molecule has 5 heteroatoms. The molecular weight excluding hydrogens is 290 g/mol. The van der Waals surface area contributed by atoms with Crippen LogP contribution < -0.4 is 5.32 Å². The van der Waals surface area contributed by atoms with Gasteiger partial charge in [0, 0.05) is 6.04 Å². The third-order valence-corrected chi connectivity index (χ3v) is 5.94. The van der Waals surface area contributed by atoms with Gasteiger partial charge in [0.05, 0.1) is 6.67 Å². The lowest BCUT2D eigenvalue weighted by Crippen LogP contribution is -2.54. The SMILES string of the molecule is C[C@@H]1CC(C)(C)C[C@]2(C1)NC(=O)N(CN(C)C1CCCC1)C2=O. The van der Waals surface area contributed by atoms with E-state index in [0.29, 0.717) is 18.6 Å². The second-order valence-corrected chi connectivity index (χ2v) is 8.94. The number of carbonyl (C=O) groups excluding carboxylic acids is 2. The fourth-order valence-corrected chi connectivity index (χ4v) is 5.32. The van der Waals surface area contributed by atoms with Gasteiger partial charge >= 0.3 is 6.03 Å². The Morgan fingerprint density at radius 3 is 2.48 bits per heavy atom. The topological polar surface area (TPSA) is 52.7 Å². The summed E-state index contributed by atoms with van der Waals surface area (Å²) < 4.78 is 0. The van der Waals surface area contributed by atoms with Gasteiger partial charge in [-0.1, -0.05) is 33.6 Å². The van der Waals surface area contributed by atoms with E-state index >= 15 is 0 Å². The number of carbonyl (C=O) groups is 2. The van der Waals surface area contributed by atoms with Crippen LogP contribution in [0.15, 0.2) is 0 Å². The van der Waals surface area contributed by atoms with Gasteiger partial charge in [-0.05, 0) is 50.5 Å². The number of urea groups is 1. The van der Waals surface area contributed by atoms with Crippen LogP contribution in [-0.2, 0) is 4.79 Å². The minimum atomic E-state index is -0.672. The van der Waals surface area contributed by atoms with Crippen molar-refractivity contribution in [1.82, 2.24) is 15.1 Å². The number of nitrogens with zero attached hydrogens (tertiary/aromatic N) is 2. The van der Waals surface area contributed by atoms with Crippen molar-refractivity contribution in [3.05, 3.63) is 0 Å². The van der Waals surface area contributed by atoms with Gasteiger partial charge in [-0.3, -0.25) is 9.69 Å². The Morgan fingerprint density at radius 1 is 1.22 bits per heavy atom. The van der Waals surface area contributed by atoms with E-state index in [-0.39, 0.29) is 17.4 Å². The van der Waals surface area contributed by atoms with E-state index in [2.05, 4.69) is 31.0 Å². The molecule has 1 N–H and O–H groups in total. The second-order valence-electron chi connectivity index (χ2n) is 8.94. The molecule has 0 aromatic carbocycles. The van der Waals surface area contributed by atoms with Crippen LogP contribution in [0.25, 0.3) is 0 Å². The standard InChI is InChI=1S/C18H31N3O2/c1-13-9-17(2,3)11-18(10-13)15(22)21(16(23)19-18)12-20(4)14-7-5-6-8-14/h13-14H,5-12H2,1-4H3,(H,19,23)/t13-,18+/m1/s1. The van der Waals surface area contributed by atoms with Crippen LogP contribution in [0.5, 0.6) is 0 Å². The lowest BCUT2D eigenvalue weighted by molar-refractivity contribution is -0.136. The largest absolute Gasteiger partial charge is 0.326 e. The number of rotatable bonds is 3. The summed E-state index contributed by atoms with van der Waals surface area (Å²) in [5.74, 6) is 0.447. The predicted molar refractivity (Wildman–Crippen MR) is 89.8 cm³/mol. The highest BCUT2D eigenvalue weighted by Gasteiger charge is 2.56. The molecule has 3 aliphatic rings. The molecule has 0 radical (unpaired) electrons. The second kappa shape index (κ2) is 5.76. The molecule has 1 heterocycles. The van der Waals surface area contributed by atoms with Crippen LogP contribution in [0.3, 0.4) is 0 Å². The van der Waals surface area contributed by atoms with Crippen molar-refractivity contribution < 1.29 is 9.59 Å². The maximum atomic E-state index is 13.1. The normalized spacial score (nSPS) is 34.7. The maximum absolute atomic E-state index is 13.1. The Labute approximate surface area is 139 Å². The summed E-state index contributed by atoms with van der Waals surface area (Å²) in [6.07, 6.45) is 7.49. The van der Waals surface area contributed by atoms with E-state index in [1.54, 1.807) is 0 Å². The first kappa shape index (κ1) is 16.7. The molecule has 0 unspecified atom stereocenters. The van der Waals surface area contributed by atoms with Crippen LogP contribution in [-0.4, -0.2) is 47.0 Å². The summed E-state index contributed by atoms with van der Waals surface area (Å²) in [5, 5.41) is 3.06. The van der Waals surface area contributed by atoms with Gasteiger partial charge in [0.2, 0.25) is 0 Å². The molecule has 1 aliphatic heterocycles. The van der Waals surface area contributed by atoms with Gasteiger partial charge in [0.15, 0.2) is 0 Å². The zero-order chi connectivity index (χ0) is 16.8. The molecule has 3 rings (SSSR count). The van der Waals surface area contributed by atoms with Crippen LogP contribution in [0.1, 0.15) is 65.7 Å². The minimum Gasteiger partial charge on any atom is -0.323 e. The number of hydrogen-bond acceptors (Lipinski definition) is 3. The Kier molecular flexibility index (Phi) is 4.20. The van der Waals surface area contributed by atoms with Crippen molar-refractivity contribution in [1.29, 1.82) is 0 Å². The smallest absolute Gasteiger partial charge is 0.323 e. The highest BCUT2D eigenvalue weighted by Crippen LogP contribution is 2.46. The zero-order valence-corrected chi connectivity index (χ0v) is 15.0. The van der Waals surface area contributed by atoms with Gasteiger partial charge in [-0.15, -0.1) is 0 Å². The Bertz CT molecular complexity index is 498. The third-order valence-electron chi connectivity index (χ3n) is 5.94. The number of hydrogen-bond donors (Lipinski definition) is 1. The van der Waals surface area contributed by atoms with E-state index in [4.69, 9.17) is 0 Å². The van der Waals surface area contributed by atoms with Crippen molar-refractivity contribution in [2.24, 2.45) is 11.3 Å². The van der Waals surface area contributed by atoms with Gasteiger partial charge in [-0.2, -0.15) is 0 Å². The van der Waals surface area contributed by atoms with Gasteiger partial charge < -0.3 is 5.32 Å². The molecule has 0 bridgehead atoms. The predicted octanol–water partition coefficient (Wildman–Crippen LogP) is 2.96. The van der Waals surface area contributed by atoms with E-state index in [9.17, 15) is 9.59 Å². The molecule has 1 saturated heterocycles. The average Bonchev–Trinajstić information content (AvgIpc) is 3.00. The highest BCUT2D eigenvalue weighted by atomic mass is 16.2. The first-order chi connectivity index (χ1) is 10.7. The molecule has 3 fully saturated rings. The maximum Gasteiger partial charge on any atom is 0.326 e. The van der Waals surface area contributed by atoms with Gasteiger partial charge in [0.1, 0.15) is 5.54 Å². The van der Waals surface area contributed by atoms with Crippen molar-refractivity contribution >= 4 is 11.9 Å². The molecule has 0 aromatic rings. The number of amides is 3. The molecular formula is C18H31N3O2. The lowest BCUT2D eigenvalue weighted by atomic mass is 9.64. The quantitative estimate of drug-likeness (QED) is 0.813. The summed E-state index contributed by atoms with van der Waals surface area (Å²) in [6, 6.07) is 0.304. The van der Waals surface area contributed by atoms with E-state index in [1.807, 2.05) is 7.05 Å². The monoisotopic (exact) mass is 321 g/mol. The molecule has 2 atom stereocenters. The Morgan fingerprint density at radius 2 is 1.87 bits per heavy atom. The van der Waals surface area contributed by atoms with Crippen molar-refractivity contribution in [2.75, 3.05) is 13.7 Å². The fourth-order valence-electron chi connectivity index (χ4n) is 5.32. The van der Waals surface area contributed by atoms with Crippen molar-refractivity contribution in [2.45, 2.75) is 77.3 Å². The van der Waals surface area contributed by atoms with E-state index in [1.165, 1.54) is 30.6 Å². The van der Waals surface area contributed by atoms with Crippen LogP contribution >= 0.6 is 0 Å². The zero-order valence-electron chi connectivity index (χ0n) is 15.0. The molecule has 130 valence electrons. The summed E-state index contributed by atoms with van der Waals surface area (Å²) in [5.41, 5.74) is -0.581. The fraction of sp³-hybridized carbons (Fsp3) is 0.889. The van der Waals surface area contributed by atoms with E-state index in [0.717, 1.165) is 19.3 Å². The van der Waals surface area contributed by atoms with Crippen LogP contribution in [0.4, 0.5) is 4.79 Å². The highest BCUT2D eigenvalue weighted by molar-refractivity contribution is 6.07. The Balaban J connectivity index is 1.74. The first-order valence-electron chi connectivity index (χ1n) is 9.07. The average molecular weight is 321 g/mol. The van der Waals surface area contributed by atoms with Crippen LogP contribution in [0, 0.1) is 11.3 Å². The van der Waals surface area contributed by atoms with E-state index < -0.39 is 5.54 Å². The summed E-state index contributed by atoms with van der Waals surface area (Å²) >= 11 is 0. The molecule has 3 amide bonds. The summed E-state index contributed by atoms with van der Waals surface area (Å²) in [6.45, 7) is 7.02.